The zero-order valence-corrected chi connectivity index (χ0v) is 5.90. The highest BCUT2D eigenvalue weighted by Crippen LogP contribution is 1.57. The number of rotatable bonds is 1. The minimum Gasteiger partial charge on any atom is -0.635 e. The molecule has 0 saturated carbocycles. The van der Waals surface area contributed by atoms with Gasteiger partial charge in [0.15, 0.2) is 0 Å². The summed E-state index contributed by atoms with van der Waals surface area (Å²) >= 11 is 0. The van der Waals surface area contributed by atoms with Crippen LogP contribution >= 0.6 is 0 Å². The lowest BCUT2D eigenvalue weighted by atomic mass is 10.5. The van der Waals surface area contributed by atoms with E-state index in [0.29, 0.717) is 0 Å². The maximum atomic E-state index is 9.44. The van der Waals surface area contributed by atoms with E-state index in [1.165, 1.54) is 14.1 Å². The van der Waals surface area contributed by atoms with Crippen molar-refractivity contribution in [2.75, 3.05) is 20.6 Å². The lowest BCUT2D eigenvalue weighted by molar-refractivity contribution is -0.802. The Morgan fingerprint density at radius 2 is 1.62 bits per heavy atom. The highest BCUT2D eigenvalue weighted by atomic mass is 16.5. The summed E-state index contributed by atoms with van der Waals surface area (Å²) in [7, 11) is 3.06. The molecule has 0 atom stereocenters. The molecule has 0 spiro atoms. The first-order chi connectivity index (χ1) is 3.65. The van der Waals surface area contributed by atoms with Gasteiger partial charge in [0.05, 0.1) is 14.1 Å². The van der Waals surface area contributed by atoms with E-state index in [2.05, 4.69) is 6.92 Å². The molecule has 0 aromatic carbocycles. The number of nitrogens with two attached hydrogens (primary N) is 1. The number of nitrogens with one attached hydrogen (secondary N) is 1. The third-order valence-electron chi connectivity index (χ3n) is 0.289. The third-order valence-corrected chi connectivity index (χ3v) is 0.289. The van der Waals surface area contributed by atoms with Gasteiger partial charge in [-0.25, -0.2) is 0 Å². The molecule has 0 rings (SSSR count). The molecule has 3 nitrogen and oxygen atoms in total. The van der Waals surface area contributed by atoms with E-state index in [1.54, 1.807) is 0 Å². The van der Waals surface area contributed by atoms with Gasteiger partial charge in [0.1, 0.15) is 0 Å². The van der Waals surface area contributed by atoms with Gasteiger partial charge in [-0.3, -0.25) is 0 Å². The largest absolute Gasteiger partial charge is 0.635 e. The SMILES string of the molecule is CCCN.C[NH+](C)[O-]. The summed E-state index contributed by atoms with van der Waals surface area (Å²) in [6, 6.07) is 0. The number of quaternary nitrogens is 1. The predicted molar refractivity (Wildman–Crippen MR) is 35.5 cm³/mol. The van der Waals surface area contributed by atoms with Crippen molar-refractivity contribution < 1.29 is 5.06 Å². The van der Waals surface area contributed by atoms with E-state index in [0.717, 1.165) is 13.0 Å². The Morgan fingerprint density at radius 1 is 1.50 bits per heavy atom. The Morgan fingerprint density at radius 3 is 1.62 bits per heavy atom. The second-order valence-corrected chi connectivity index (χ2v) is 1.70. The van der Waals surface area contributed by atoms with E-state index in [4.69, 9.17) is 5.73 Å². The number of hydroxylamine groups is 2. The van der Waals surface area contributed by atoms with Gasteiger partial charge >= 0.3 is 0 Å². The van der Waals surface area contributed by atoms with Crippen molar-refractivity contribution in [3.8, 4) is 0 Å². The van der Waals surface area contributed by atoms with Gasteiger partial charge in [0.25, 0.3) is 0 Å². The summed E-state index contributed by atoms with van der Waals surface area (Å²) in [6.07, 6.45) is 1.10. The van der Waals surface area contributed by atoms with Gasteiger partial charge in [0.2, 0.25) is 0 Å². The summed E-state index contributed by atoms with van der Waals surface area (Å²) in [4.78, 5) is 0. The molecule has 0 aliphatic rings. The fraction of sp³-hybridized carbons (Fsp3) is 1.00. The molecule has 0 aromatic rings. The Labute approximate surface area is 51.1 Å². The smallest absolute Gasteiger partial charge is 0.0660 e. The average molecular weight is 120 g/mol. The fourth-order valence-electron chi connectivity index (χ4n) is 0. The molecule has 0 amide bonds. The molecule has 0 aliphatic heterocycles. The van der Waals surface area contributed by atoms with Gasteiger partial charge in [-0.15, -0.1) is 0 Å². The summed E-state index contributed by atoms with van der Waals surface area (Å²) in [5.41, 5.74) is 5.03. The highest BCUT2D eigenvalue weighted by molar-refractivity contribution is 4.19. The van der Waals surface area contributed by atoms with Crippen molar-refractivity contribution in [1.82, 2.24) is 0 Å². The minimum absolute atomic E-state index is 0.167. The average Bonchev–Trinajstić information content (AvgIpc) is 1.65. The van der Waals surface area contributed by atoms with Crippen LogP contribution in [0.25, 0.3) is 0 Å². The van der Waals surface area contributed by atoms with E-state index >= 15 is 0 Å². The van der Waals surface area contributed by atoms with Gasteiger partial charge in [-0.05, 0) is 13.0 Å². The summed E-state index contributed by atoms with van der Waals surface area (Å²) < 4.78 is 0. The lowest BCUT2D eigenvalue weighted by Crippen LogP contribution is -3.00. The van der Waals surface area contributed by atoms with E-state index < -0.39 is 0 Å². The van der Waals surface area contributed by atoms with Crippen LogP contribution in [0.3, 0.4) is 0 Å². The first kappa shape index (κ1) is 10.8. The first-order valence-electron chi connectivity index (χ1n) is 2.82. The van der Waals surface area contributed by atoms with Gasteiger partial charge in [-0.1, -0.05) is 6.92 Å². The quantitative estimate of drug-likeness (QED) is 0.435. The van der Waals surface area contributed by atoms with Crippen LogP contribution in [0.15, 0.2) is 0 Å². The summed E-state index contributed by atoms with van der Waals surface area (Å²) in [5.74, 6) is 0. The molecular weight excluding hydrogens is 104 g/mol. The number of hydrogen-bond donors (Lipinski definition) is 2. The van der Waals surface area contributed by atoms with Crippen LogP contribution in [-0.4, -0.2) is 20.6 Å². The zero-order valence-electron chi connectivity index (χ0n) is 5.90. The monoisotopic (exact) mass is 120 g/mol. The molecule has 8 heavy (non-hydrogen) atoms. The van der Waals surface area contributed by atoms with Crippen molar-refractivity contribution in [3.05, 3.63) is 5.21 Å². The zero-order chi connectivity index (χ0) is 6.99. The fourth-order valence-corrected chi connectivity index (χ4v) is 0. The lowest BCUT2D eigenvalue weighted by Gasteiger charge is -2.04. The standard InChI is InChI=1S/C3H9N.C2H7NO/c1-2-3-4;1-3(2)4/h2-4H2,1H3;3H,1-2H3. The molecule has 0 bridgehead atoms. The van der Waals surface area contributed by atoms with Crippen LogP contribution in [-0.2, 0) is 0 Å². The topological polar surface area (TPSA) is 53.5 Å². The van der Waals surface area contributed by atoms with Gasteiger partial charge < -0.3 is 16.0 Å². The Balaban J connectivity index is 0. The molecule has 0 heterocycles. The van der Waals surface area contributed by atoms with Crippen molar-refractivity contribution in [3.63, 3.8) is 0 Å². The van der Waals surface area contributed by atoms with Gasteiger partial charge in [-0.2, -0.15) is 0 Å². The van der Waals surface area contributed by atoms with Crippen LogP contribution in [0.5, 0.6) is 0 Å². The van der Waals surface area contributed by atoms with Crippen molar-refractivity contribution in [2.45, 2.75) is 13.3 Å². The first-order valence-corrected chi connectivity index (χ1v) is 2.82. The molecule has 3 heteroatoms. The van der Waals surface area contributed by atoms with E-state index in [-0.39, 0.29) is 5.06 Å². The van der Waals surface area contributed by atoms with Crippen LogP contribution in [0.2, 0.25) is 0 Å². The third kappa shape index (κ3) is 181. The van der Waals surface area contributed by atoms with Crippen LogP contribution in [0.4, 0.5) is 0 Å². The molecule has 0 fully saturated rings. The van der Waals surface area contributed by atoms with E-state index in [1.807, 2.05) is 0 Å². The highest BCUT2D eigenvalue weighted by Gasteiger charge is 1.55. The summed E-state index contributed by atoms with van der Waals surface area (Å²) in [5, 5.41) is 9.61. The molecule has 0 radical (unpaired) electrons. The molecule has 52 valence electrons. The van der Waals surface area contributed by atoms with Crippen molar-refractivity contribution in [1.29, 1.82) is 0 Å². The summed E-state index contributed by atoms with van der Waals surface area (Å²) in [6.45, 7) is 2.88. The van der Waals surface area contributed by atoms with Crippen molar-refractivity contribution >= 4 is 0 Å². The maximum Gasteiger partial charge on any atom is 0.0660 e. The maximum absolute atomic E-state index is 9.44. The molecule has 0 saturated heterocycles. The predicted octanol–water partition coefficient (Wildman–Crippen LogP) is -1.02. The molecular formula is C5H16N2O. The normalized spacial score (nSPS) is 8.25. The van der Waals surface area contributed by atoms with Crippen molar-refractivity contribution in [2.24, 2.45) is 5.73 Å². The molecule has 0 unspecified atom stereocenters. The molecule has 3 N–H and O–H groups in total. The van der Waals surface area contributed by atoms with Crippen LogP contribution < -0.4 is 10.8 Å². The second kappa shape index (κ2) is 9.99. The van der Waals surface area contributed by atoms with Crippen LogP contribution in [0.1, 0.15) is 13.3 Å². The molecule has 0 aliphatic carbocycles. The Hall–Kier alpha value is -0.120. The number of hydrogen-bond acceptors (Lipinski definition) is 2. The van der Waals surface area contributed by atoms with Crippen LogP contribution in [0, 0.1) is 5.21 Å². The van der Waals surface area contributed by atoms with Gasteiger partial charge in [0, 0.05) is 0 Å². The van der Waals surface area contributed by atoms with E-state index in [9.17, 15) is 5.21 Å². The minimum atomic E-state index is 0.167. The molecule has 0 aromatic heterocycles. The second-order valence-electron chi connectivity index (χ2n) is 1.70. The Bertz CT molecular complexity index is 26.9. The Kier molecular flexibility index (Phi) is 13.5.